The van der Waals surface area contributed by atoms with Gasteiger partial charge in [0.1, 0.15) is 6.04 Å². The lowest BCUT2D eigenvalue weighted by Gasteiger charge is -2.32. The Kier molecular flexibility index (Phi) is 6.84. The molecule has 0 aliphatic carbocycles. The summed E-state index contributed by atoms with van der Waals surface area (Å²) >= 11 is 0. The van der Waals surface area contributed by atoms with Gasteiger partial charge in [0, 0.05) is 20.2 Å². The van der Waals surface area contributed by atoms with Crippen LogP contribution in [0.4, 0.5) is 0 Å². The van der Waals surface area contributed by atoms with Crippen LogP contribution >= 0.6 is 0 Å². The van der Waals surface area contributed by atoms with Gasteiger partial charge in [-0.1, -0.05) is 0 Å². The van der Waals surface area contributed by atoms with Crippen LogP contribution in [0.5, 0.6) is 17.2 Å². The van der Waals surface area contributed by atoms with Gasteiger partial charge in [0.15, 0.2) is 11.5 Å². The van der Waals surface area contributed by atoms with Crippen LogP contribution in [0.1, 0.15) is 5.56 Å². The molecular weight excluding hydrogens is 314 g/mol. The van der Waals surface area contributed by atoms with Crippen molar-refractivity contribution in [2.45, 2.75) is 13.0 Å². The van der Waals surface area contributed by atoms with Gasteiger partial charge >= 0.3 is 5.97 Å². The normalized spacial score (nSPS) is 16.5. The molecule has 0 spiro atoms. The molecule has 1 fully saturated rings. The molecule has 0 saturated carbocycles. The van der Waals surface area contributed by atoms with Gasteiger partial charge in [0.05, 0.1) is 34.0 Å². The highest BCUT2D eigenvalue weighted by atomic mass is 16.6. The monoisotopic (exact) mass is 339 g/mol. The molecule has 7 nitrogen and oxygen atoms in total. The average molecular weight is 339 g/mol. The van der Waals surface area contributed by atoms with Gasteiger partial charge in [0.2, 0.25) is 5.75 Å². The smallest absolute Gasteiger partial charge is 0.331 e. The molecule has 1 heterocycles. The molecule has 1 atom stereocenters. The van der Waals surface area contributed by atoms with E-state index in [1.807, 2.05) is 11.8 Å². The predicted molar refractivity (Wildman–Crippen MR) is 88.0 cm³/mol. The third-order valence-corrected chi connectivity index (χ3v) is 3.89. The summed E-state index contributed by atoms with van der Waals surface area (Å²) in [6.07, 6.45) is 0. The molecule has 7 heteroatoms. The van der Waals surface area contributed by atoms with Crippen LogP contribution in [0.25, 0.3) is 0 Å². The van der Waals surface area contributed by atoms with Crippen LogP contribution in [0.2, 0.25) is 0 Å². The third-order valence-electron chi connectivity index (χ3n) is 3.89. The predicted octanol–water partition coefficient (Wildman–Crippen LogP) is 1.26. The average Bonchev–Trinajstić information content (AvgIpc) is 2.61. The molecule has 1 unspecified atom stereocenters. The SMILES string of the molecule is COCC(C(=O)Oc1c(OC)cc(C)cc1OC)N1CCOCC1. The van der Waals surface area contributed by atoms with E-state index in [4.69, 9.17) is 23.7 Å². The van der Waals surface area contributed by atoms with Crippen molar-refractivity contribution < 1.29 is 28.5 Å². The second kappa shape index (κ2) is 8.86. The van der Waals surface area contributed by atoms with E-state index in [1.165, 1.54) is 14.2 Å². The number of esters is 1. The van der Waals surface area contributed by atoms with E-state index in [-0.39, 0.29) is 12.4 Å². The molecule has 0 N–H and O–H groups in total. The lowest BCUT2D eigenvalue weighted by Crippen LogP contribution is -2.51. The Morgan fingerprint density at radius 2 is 1.75 bits per heavy atom. The van der Waals surface area contributed by atoms with E-state index in [0.717, 1.165) is 5.56 Å². The van der Waals surface area contributed by atoms with Crippen molar-refractivity contribution in [2.24, 2.45) is 0 Å². The number of hydrogen-bond acceptors (Lipinski definition) is 7. The van der Waals surface area contributed by atoms with Gasteiger partial charge in [-0.25, -0.2) is 4.79 Å². The van der Waals surface area contributed by atoms with E-state index < -0.39 is 12.0 Å². The number of carbonyl (C=O) groups excluding carboxylic acids is 1. The van der Waals surface area contributed by atoms with Crippen LogP contribution in [-0.2, 0) is 14.3 Å². The van der Waals surface area contributed by atoms with Gasteiger partial charge in [0.25, 0.3) is 0 Å². The fourth-order valence-corrected chi connectivity index (χ4v) is 2.65. The Morgan fingerprint density at radius 3 is 2.25 bits per heavy atom. The number of nitrogens with zero attached hydrogens (tertiary/aromatic N) is 1. The van der Waals surface area contributed by atoms with Crippen molar-refractivity contribution in [2.75, 3.05) is 54.2 Å². The largest absolute Gasteiger partial charge is 0.493 e. The molecule has 1 aliphatic rings. The second-order valence-electron chi connectivity index (χ2n) is 5.54. The standard InChI is InChI=1S/C17H25NO6/c1-12-9-14(21-3)16(15(10-12)22-4)24-17(19)13(11-20-2)18-5-7-23-8-6-18/h9-10,13H,5-8,11H2,1-4H3. The van der Waals surface area contributed by atoms with Crippen LogP contribution in [-0.4, -0.2) is 71.2 Å². The van der Waals surface area contributed by atoms with E-state index in [1.54, 1.807) is 19.2 Å². The Balaban J connectivity index is 2.22. The number of morpholine rings is 1. The van der Waals surface area contributed by atoms with Crippen molar-refractivity contribution >= 4 is 5.97 Å². The molecule has 0 radical (unpaired) electrons. The zero-order valence-corrected chi connectivity index (χ0v) is 14.7. The van der Waals surface area contributed by atoms with Gasteiger partial charge in [-0.05, 0) is 24.6 Å². The van der Waals surface area contributed by atoms with E-state index in [2.05, 4.69) is 0 Å². The number of hydrogen-bond donors (Lipinski definition) is 0. The zero-order chi connectivity index (χ0) is 17.5. The van der Waals surface area contributed by atoms with Crippen molar-refractivity contribution in [1.82, 2.24) is 4.90 Å². The molecule has 24 heavy (non-hydrogen) atoms. The first-order chi connectivity index (χ1) is 11.6. The first-order valence-corrected chi connectivity index (χ1v) is 7.85. The molecule has 1 saturated heterocycles. The number of methoxy groups -OCH3 is 3. The van der Waals surface area contributed by atoms with Crippen molar-refractivity contribution in [1.29, 1.82) is 0 Å². The first kappa shape index (κ1) is 18.5. The summed E-state index contributed by atoms with van der Waals surface area (Å²) in [7, 11) is 4.62. The highest BCUT2D eigenvalue weighted by Crippen LogP contribution is 2.38. The number of aryl methyl sites for hydroxylation is 1. The maximum Gasteiger partial charge on any atom is 0.331 e. The summed E-state index contributed by atoms with van der Waals surface area (Å²) in [5.41, 5.74) is 0.949. The molecule has 0 bridgehead atoms. The summed E-state index contributed by atoms with van der Waals surface area (Å²) in [6, 6.07) is 3.09. The lowest BCUT2D eigenvalue weighted by atomic mass is 10.2. The number of benzene rings is 1. The highest BCUT2D eigenvalue weighted by Gasteiger charge is 2.30. The maximum atomic E-state index is 12.7. The minimum absolute atomic E-state index is 0.245. The Bertz CT molecular complexity index is 531. The highest BCUT2D eigenvalue weighted by molar-refractivity contribution is 5.80. The van der Waals surface area contributed by atoms with Crippen LogP contribution in [0, 0.1) is 6.92 Å². The Morgan fingerprint density at radius 1 is 1.17 bits per heavy atom. The molecular formula is C17H25NO6. The molecule has 0 amide bonds. The van der Waals surface area contributed by atoms with E-state index in [0.29, 0.717) is 37.8 Å². The van der Waals surface area contributed by atoms with E-state index >= 15 is 0 Å². The molecule has 2 rings (SSSR count). The van der Waals surface area contributed by atoms with Gasteiger partial charge < -0.3 is 23.7 Å². The van der Waals surface area contributed by atoms with Crippen molar-refractivity contribution in [3.63, 3.8) is 0 Å². The summed E-state index contributed by atoms with van der Waals surface area (Å²) < 4.78 is 26.8. The fourth-order valence-electron chi connectivity index (χ4n) is 2.65. The third kappa shape index (κ3) is 4.37. The lowest BCUT2D eigenvalue weighted by molar-refractivity contribution is -0.144. The maximum absolute atomic E-state index is 12.7. The topological polar surface area (TPSA) is 66.5 Å². The number of rotatable bonds is 7. The molecule has 0 aromatic heterocycles. The summed E-state index contributed by atoms with van der Waals surface area (Å²) in [5, 5.41) is 0. The van der Waals surface area contributed by atoms with E-state index in [9.17, 15) is 4.79 Å². The summed E-state index contributed by atoms with van der Waals surface area (Å²) in [6.45, 7) is 4.65. The first-order valence-electron chi connectivity index (χ1n) is 7.85. The minimum Gasteiger partial charge on any atom is -0.493 e. The molecule has 1 aromatic rings. The van der Waals surface area contributed by atoms with Crippen molar-refractivity contribution in [3.05, 3.63) is 17.7 Å². The zero-order valence-electron chi connectivity index (χ0n) is 14.7. The second-order valence-corrected chi connectivity index (χ2v) is 5.54. The molecule has 134 valence electrons. The Labute approximate surface area is 142 Å². The summed E-state index contributed by atoms with van der Waals surface area (Å²) in [5.74, 6) is 0.792. The molecule has 1 aliphatic heterocycles. The van der Waals surface area contributed by atoms with Crippen LogP contribution in [0.15, 0.2) is 12.1 Å². The van der Waals surface area contributed by atoms with Gasteiger partial charge in [-0.2, -0.15) is 0 Å². The molecule has 1 aromatic carbocycles. The quantitative estimate of drug-likeness (QED) is 0.547. The fraction of sp³-hybridized carbons (Fsp3) is 0.588. The Hall–Kier alpha value is -1.83. The van der Waals surface area contributed by atoms with Crippen LogP contribution in [0.3, 0.4) is 0 Å². The van der Waals surface area contributed by atoms with Crippen LogP contribution < -0.4 is 14.2 Å². The summed E-state index contributed by atoms with van der Waals surface area (Å²) in [4.78, 5) is 14.7. The number of ether oxygens (including phenoxy) is 5. The number of carbonyl (C=O) groups is 1. The van der Waals surface area contributed by atoms with Crippen molar-refractivity contribution in [3.8, 4) is 17.2 Å². The minimum atomic E-state index is -0.505. The van der Waals surface area contributed by atoms with Gasteiger partial charge in [-0.15, -0.1) is 0 Å². The van der Waals surface area contributed by atoms with Gasteiger partial charge in [-0.3, -0.25) is 4.90 Å².